The monoisotopic (exact) mass is 316 g/mol. The first-order chi connectivity index (χ1) is 11.1. The van der Waals surface area contributed by atoms with Crippen LogP contribution in [0.2, 0.25) is 0 Å². The number of rotatable bonds is 3. The maximum atomic E-state index is 11.7. The molecule has 2 aromatic rings. The van der Waals surface area contributed by atoms with Gasteiger partial charge < -0.3 is 14.2 Å². The van der Waals surface area contributed by atoms with E-state index in [0.29, 0.717) is 19.7 Å². The van der Waals surface area contributed by atoms with Gasteiger partial charge in [-0.1, -0.05) is 6.07 Å². The van der Waals surface area contributed by atoms with Crippen molar-refractivity contribution in [2.75, 3.05) is 32.8 Å². The summed E-state index contributed by atoms with van der Waals surface area (Å²) in [7, 11) is 2.06. The van der Waals surface area contributed by atoms with Crippen LogP contribution in [0.3, 0.4) is 0 Å². The maximum Gasteiger partial charge on any atom is 0.409 e. The van der Waals surface area contributed by atoms with Gasteiger partial charge in [0.1, 0.15) is 5.82 Å². The minimum atomic E-state index is -0.203. The van der Waals surface area contributed by atoms with Crippen molar-refractivity contribution in [3.05, 3.63) is 29.6 Å². The van der Waals surface area contributed by atoms with Crippen molar-refractivity contribution in [2.45, 2.75) is 20.4 Å². The van der Waals surface area contributed by atoms with E-state index >= 15 is 0 Å². The van der Waals surface area contributed by atoms with Gasteiger partial charge in [0.15, 0.2) is 0 Å². The Hall–Kier alpha value is -2.08. The highest BCUT2D eigenvalue weighted by molar-refractivity contribution is 5.76. The van der Waals surface area contributed by atoms with Gasteiger partial charge in [0.2, 0.25) is 0 Å². The van der Waals surface area contributed by atoms with Crippen molar-refractivity contribution in [1.29, 1.82) is 0 Å². The molecule has 1 amide bonds. The molecule has 1 aliphatic heterocycles. The average molecular weight is 316 g/mol. The van der Waals surface area contributed by atoms with Crippen LogP contribution in [0, 0.1) is 6.92 Å². The molecule has 6 heteroatoms. The Balaban J connectivity index is 1.65. The molecule has 0 N–H and O–H groups in total. The zero-order valence-electron chi connectivity index (χ0n) is 14.1. The van der Waals surface area contributed by atoms with Crippen LogP contribution >= 0.6 is 0 Å². The number of hydrogen-bond donors (Lipinski definition) is 0. The number of amides is 1. The first-order valence-electron chi connectivity index (χ1n) is 8.14. The summed E-state index contributed by atoms with van der Waals surface area (Å²) in [5.74, 6) is 1.06. The number of aryl methyl sites for hydroxylation is 2. The molecule has 2 heterocycles. The van der Waals surface area contributed by atoms with Crippen LogP contribution in [-0.2, 0) is 18.3 Å². The summed E-state index contributed by atoms with van der Waals surface area (Å²) in [6.07, 6.45) is -0.203. The van der Waals surface area contributed by atoms with Crippen molar-refractivity contribution in [1.82, 2.24) is 19.4 Å². The summed E-state index contributed by atoms with van der Waals surface area (Å²) in [6.45, 7) is 8.27. The molecule has 0 atom stereocenters. The highest BCUT2D eigenvalue weighted by Crippen LogP contribution is 2.18. The lowest BCUT2D eigenvalue weighted by Gasteiger charge is -2.33. The van der Waals surface area contributed by atoms with E-state index in [-0.39, 0.29) is 6.09 Å². The molecule has 0 bridgehead atoms. The lowest BCUT2D eigenvalue weighted by molar-refractivity contribution is 0.0770. The van der Waals surface area contributed by atoms with Gasteiger partial charge in [-0.05, 0) is 31.5 Å². The number of imidazole rings is 1. The van der Waals surface area contributed by atoms with Gasteiger partial charge in [0.05, 0.1) is 24.2 Å². The lowest BCUT2D eigenvalue weighted by atomic mass is 10.2. The standard InChI is InChI=1S/C17H24N4O2/c1-4-23-17(22)21-9-7-20(8-10-21)12-16-18-14-11-13(2)5-6-15(14)19(16)3/h5-6,11H,4,7-10,12H2,1-3H3. The van der Waals surface area contributed by atoms with Gasteiger partial charge in [-0.15, -0.1) is 0 Å². The third-order valence-electron chi connectivity index (χ3n) is 4.39. The Kier molecular flexibility index (Phi) is 4.52. The molecule has 0 radical (unpaired) electrons. The summed E-state index contributed by atoms with van der Waals surface area (Å²) in [5.41, 5.74) is 3.44. The molecule has 1 saturated heterocycles. The van der Waals surface area contributed by atoms with Crippen molar-refractivity contribution in [3.63, 3.8) is 0 Å². The summed E-state index contributed by atoms with van der Waals surface area (Å²) >= 11 is 0. The minimum Gasteiger partial charge on any atom is -0.450 e. The van der Waals surface area contributed by atoms with Gasteiger partial charge in [0, 0.05) is 33.2 Å². The molecule has 124 valence electrons. The molecule has 1 fully saturated rings. The Bertz CT molecular complexity index is 702. The Morgan fingerprint density at radius 1 is 1.26 bits per heavy atom. The number of nitrogens with zero attached hydrogens (tertiary/aromatic N) is 4. The van der Waals surface area contributed by atoms with Crippen molar-refractivity contribution < 1.29 is 9.53 Å². The molecule has 0 unspecified atom stereocenters. The topological polar surface area (TPSA) is 50.6 Å². The largest absolute Gasteiger partial charge is 0.450 e. The van der Waals surface area contributed by atoms with Crippen LogP contribution in [0.5, 0.6) is 0 Å². The van der Waals surface area contributed by atoms with E-state index in [1.54, 1.807) is 4.90 Å². The first-order valence-corrected chi connectivity index (χ1v) is 8.14. The molecule has 23 heavy (non-hydrogen) atoms. The maximum absolute atomic E-state index is 11.7. The fraction of sp³-hybridized carbons (Fsp3) is 0.529. The number of ether oxygens (including phenoxy) is 1. The molecule has 0 aliphatic carbocycles. The van der Waals surface area contributed by atoms with Crippen LogP contribution in [0.25, 0.3) is 11.0 Å². The molecular weight excluding hydrogens is 292 g/mol. The molecule has 1 aliphatic rings. The zero-order valence-corrected chi connectivity index (χ0v) is 14.1. The number of benzene rings is 1. The number of hydrogen-bond acceptors (Lipinski definition) is 4. The number of fused-ring (bicyclic) bond motifs is 1. The Morgan fingerprint density at radius 2 is 2.00 bits per heavy atom. The fourth-order valence-electron chi connectivity index (χ4n) is 3.00. The van der Waals surface area contributed by atoms with Crippen molar-refractivity contribution in [3.8, 4) is 0 Å². The lowest BCUT2D eigenvalue weighted by Crippen LogP contribution is -2.48. The normalized spacial score (nSPS) is 16.0. The van der Waals surface area contributed by atoms with Crippen LogP contribution in [-0.4, -0.2) is 58.2 Å². The van der Waals surface area contributed by atoms with Gasteiger partial charge in [0.25, 0.3) is 0 Å². The van der Waals surface area contributed by atoms with E-state index < -0.39 is 0 Å². The van der Waals surface area contributed by atoms with E-state index in [4.69, 9.17) is 9.72 Å². The molecular formula is C17H24N4O2. The van der Waals surface area contributed by atoms with Gasteiger partial charge in [-0.2, -0.15) is 0 Å². The minimum absolute atomic E-state index is 0.203. The van der Waals surface area contributed by atoms with Crippen LogP contribution in [0.4, 0.5) is 4.79 Å². The predicted octanol–water partition coefficient (Wildman–Crippen LogP) is 2.16. The second-order valence-corrected chi connectivity index (χ2v) is 6.04. The summed E-state index contributed by atoms with van der Waals surface area (Å²) in [5, 5.41) is 0. The van der Waals surface area contributed by atoms with Crippen molar-refractivity contribution in [2.24, 2.45) is 7.05 Å². The van der Waals surface area contributed by atoms with Gasteiger partial charge in [-0.3, -0.25) is 4.90 Å². The van der Waals surface area contributed by atoms with Gasteiger partial charge in [-0.25, -0.2) is 9.78 Å². The molecule has 1 aromatic heterocycles. The van der Waals surface area contributed by atoms with Crippen LogP contribution < -0.4 is 0 Å². The van der Waals surface area contributed by atoms with E-state index in [1.165, 1.54) is 5.56 Å². The average Bonchev–Trinajstić information content (AvgIpc) is 2.83. The van der Waals surface area contributed by atoms with Crippen molar-refractivity contribution >= 4 is 17.1 Å². The fourth-order valence-corrected chi connectivity index (χ4v) is 3.00. The van der Waals surface area contributed by atoms with E-state index in [0.717, 1.165) is 36.5 Å². The Morgan fingerprint density at radius 3 is 2.70 bits per heavy atom. The molecule has 6 nitrogen and oxygen atoms in total. The Labute approximate surface area is 136 Å². The van der Waals surface area contributed by atoms with Crippen LogP contribution in [0.15, 0.2) is 18.2 Å². The molecule has 3 rings (SSSR count). The summed E-state index contributed by atoms with van der Waals surface area (Å²) in [4.78, 5) is 20.6. The number of carbonyl (C=O) groups excluding carboxylic acids is 1. The highest BCUT2D eigenvalue weighted by atomic mass is 16.6. The first kappa shape index (κ1) is 15.8. The third-order valence-corrected chi connectivity index (χ3v) is 4.39. The van der Waals surface area contributed by atoms with Gasteiger partial charge >= 0.3 is 6.09 Å². The predicted molar refractivity (Wildman–Crippen MR) is 89.3 cm³/mol. The molecule has 0 saturated carbocycles. The SMILES string of the molecule is CCOC(=O)N1CCN(Cc2nc3cc(C)ccc3n2C)CC1. The number of carbonyl (C=O) groups is 1. The second kappa shape index (κ2) is 6.58. The number of piperazine rings is 1. The third kappa shape index (κ3) is 3.32. The van der Waals surface area contributed by atoms with E-state index in [9.17, 15) is 4.79 Å². The molecule has 1 aromatic carbocycles. The highest BCUT2D eigenvalue weighted by Gasteiger charge is 2.23. The van der Waals surface area contributed by atoms with E-state index in [2.05, 4.69) is 41.6 Å². The van der Waals surface area contributed by atoms with E-state index in [1.807, 2.05) is 6.92 Å². The molecule has 0 spiro atoms. The summed E-state index contributed by atoms with van der Waals surface area (Å²) in [6, 6.07) is 6.36. The number of aromatic nitrogens is 2. The summed E-state index contributed by atoms with van der Waals surface area (Å²) < 4.78 is 7.22. The zero-order chi connectivity index (χ0) is 16.4. The smallest absolute Gasteiger partial charge is 0.409 e. The second-order valence-electron chi connectivity index (χ2n) is 6.04. The quantitative estimate of drug-likeness (QED) is 0.871. The van der Waals surface area contributed by atoms with Crippen LogP contribution in [0.1, 0.15) is 18.3 Å².